The van der Waals surface area contributed by atoms with Crippen molar-refractivity contribution in [1.82, 2.24) is 4.98 Å². The smallest absolute Gasteiger partial charge is 0.181 e. The average molecular weight is 173 g/mol. The quantitative estimate of drug-likeness (QED) is 0.703. The minimum atomic E-state index is 0.291. The van der Waals surface area contributed by atoms with Crippen molar-refractivity contribution in [1.29, 1.82) is 5.26 Å². The normalized spacial score (nSPS) is 9.77. The van der Waals surface area contributed by atoms with Crippen molar-refractivity contribution in [2.75, 3.05) is 11.9 Å². The third-order valence-corrected chi connectivity index (χ3v) is 1.70. The summed E-state index contributed by atoms with van der Waals surface area (Å²) in [5.41, 5.74) is 2.41. The van der Waals surface area contributed by atoms with Gasteiger partial charge in [0.2, 0.25) is 0 Å². The summed E-state index contributed by atoms with van der Waals surface area (Å²) >= 11 is 0. The van der Waals surface area contributed by atoms with Crippen LogP contribution in [-0.4, -0.2) is 11.5 Å². The maximum absolute atomic E-state index is 8.35. The molecule has 0 aliphatic carbocycles. The van der Waals surface area contributed by atoms with Gasteiger partial charge in [0, 0.05) is 11.8 Å². The second-order valence-corrected chi connectivity index (χ2v) is 2.55. The van der Waals surface area contributed by atoms with Crippen LogP contribution in [0.1, 0.15) is 0 Å². The van der Waals surface area contributed by atoms with Gasteiger partial charge in [-0.3, -0.25) is 0 Å². The van der Waals surface area contributed by atoms with Crippen molar-refractivity contribution in [3.05, 3.63) is 24.6 Å². The number of hydrogen-bond donors (Lipinski definition) is 1. The van der Waals surface area contributed by atoms with Crippen LogP contribution in [0.2, 0.25) is 0 Å². The molecule has 13 heavy (non-hydrogen) atoms. The first-order chi connectivity index (χ1) is 6.40. The van der Waals surface area contributed by atoms with Crippen molar-refractivity contribution in [3.8, 4) is 6.07 Å². The van der Waals surface area contributed by atoms with Crippen LogP contribution in [0.3, 0.4) is 0 Å². The highest BCUT2D eigenvalue weighted by atomic mass is 16.3. The Morgan fingerprint density at radius 3 is 3.31 bits per heavy atom. The van der Waals surface area contributed by atoms with Gasteiger partial charge in [-0.25, -0.2) is 4.98 Å². The monoisotopic (exact) mass is 173 g/mol. The van der Waals surface area contributed by atoms with Crippen LogP contribution in [0.4, 0.5) is 5.69 Å². The fourth-order valence-electron chi connectivity index (χ4n) is 1.11. The third-order valence-electron chi connectivity index (χ3n) is 1.70. The summed E-state index contributed by atoms with van der Waals surface area (Å²) in [6.45, 7) is 0.291. The summed E-state index contributed by atoms with van der Waals surface area (Å²) < 4.78 is 5.10. The Morgan fingerprint density at radius 1 is 1.54 bits per heavy atom. The van der Waals surface area contributed by atoms with Gasteiger partial charge in [0.25, 0.3) is 0 Å². The Bertz CT molecular complexity index is 455. The van der Waals surface area contributed by atoms with Crippen molar-refractivity contribution >= 4 is 16.8 Å². The van der Waals surface area contributed by atoms with Crippen LogP contribution < -0.4 is 5.32 Å². The molecule has 0 aliphatic rings. The van der Waals surface area contributed by atoms with E-state index in [0.29, 0.717) is 6.54 Å². The molecular formula is C9H7N3O. The molecule has 1 N–H and O–H groups in total. The van der Waals surface area contributed by atoms with Gasteiger partial charge in [0.1, 0.15) is 12.1 Å². The summed E-state index contributed by atoms with van der Waals surface area (Å²) in [7, 11) is 0. The van der Waals surface area contributed by atoms with Gasteiger partial charge in [0.15, 0.2) is 12.0 Å². The maximum Gasteiger partial charge on any atom is 0.181 e. The number of nitriles is 1. The largest absolute Gasteiger partial charge is 0.443 e. The standard InChI is InChI=1S/C9H7N3O/c10-3-4-11-7-1-2-8-9(5-7)13-6-12-8/h1-2,5-6,11H,4H2. The molecular weight excluding hydrogens is 166 g/mol. The Kier molecular flexibility index (Phi) is 1.85. The summed E-state index contributed by atoms with van der Waals surface area (Å²) in [5.74, 6) is 0. The molecule has 0 saturated carbocycles. The Morgan fingerprint density at radius 2 is 2.46 bits per heavy atom. The molecule has 0 aliphatic heterocycles. The lowest BCUT2D eigenvalue weighted by molar-refractivity contribution is 0.602. The number of anilines is 1. The Hall–Kier alpha value is -2.02. The molecule has 0 amide bonds. The summed E-state index contributed by atoms with van der Waals surface area (Å²) in [4.78, 5) is 3.98. The SMILES string of the molecule is N#CCNc1ccc2ncoc2c1. The van der Waals surface area contributed by atoms with Gasteiger partial charge in [-0.2, -0.15) is 5.26 Å². The molecule has 1 aromatic carbocycles. The van der Waals surface area contributed by atoms with Crippen molar-refractivity contribution < 1.29 is 4.42 Å². The lowest BCUT2D eigenvalue weighted by Crippen LogP contribution is -1.97. The maximum atomic E-state index is 8.35. The van der Waals surface area contributed by atoms with Crippen LogP contribution in [0.15, 0.2) is 29.0 Å². The summed E-state index contributed by atoms with van der Waals surface area (Å²) in [5, 5.41) is 11.3. The Labute approximate surface area is 74.8 Å². The molecule has 2 rings (SSSR count). The van der Waals surface area contributed by atoms with Gasteiger partial charge >= 0.3 is 0 Å². The van der Waals surface area contributed by atoms with E-state index in [4.69, 9.17) is 9.68 Å². The van der Waals surface area contributed by atoms with Gasteiger partial charge < -0.3 is 9.73 Å². The van der Waals surface area contributed by atoms with Gasteiger partial charge in [-0.1, -0.05) is 0 Å². The second-order valence-electron chi connectivity index (χ2n) is 2.55. The van der Waals surface area contributed by atoms with Crippen LogP contribution in [0.5, 0.6) is 0 Å². The lowest BCUT2D eigenvalue weighted by Gasteiger charge is -1.99. The predicted molar refractivity (Wildman–Crippen MR) is 48.1 cm³/mol. The van der Waals surface area contributed by atoms with Crippen LogP contribution in [0.25, 0.3) is 11.1 Å². The minimum Gasteiger partial charge on any atom is -0.443 e. The van der Waals surface area contributed by atoms with Crippen molar-refractivity contribution in [3.63, 3.8) is 0 Å². The lowest BCUT2D eigenvalue weighted by atomic mass is 10.3. The first-order valence-corrected chi connectivity index (χ1v) is 3.84. The van der Waals surface area contributed by atoms with Crippen molar-refractivity contribution in [2.45, 2.75) is 0 Å². The van der Waals surface area contributed by atoms with E-state index in [1.807, 2.05) is 24.3 Å². The van der Waals surface area contributed by atoms with E-state index in [1.165, 1.54) is 6.39 Å². The first-order valence-electron chi connectivity index (χ1n) is 3.84. The molecule has 0 saturated heterocycles. The minimum absolute atomic E-state index is 0.291. The molecule has 0 spiro atoms. The summed E-state index contributed by atoms with van der Waals surface area (Å²) in [6.07, 6.45) is 1.40. The number of hydrogen-bond acceptors (Lipinski definition) is 4. The molecule has 0 unspecified atom stereocenters. The number of fused-ring (bicyclic) bond motifs is 1. The van der Waals surface area contributed by atoms with Crippen LogP contribution in [0, 0.1) is 11.3 Å². The van der Waals surface area contributed by atoms with Crippen LogP contribution in [-0.2, 0) is 0 Å². The van der Waals surface area contributed by atoms with E-state index in [1.54, 1.807) is 0 Å². The highest BCUT2D eigenvalue weighted by molar-refractivity contribution is 5.76. The fourth-order valence-corrected chi connectivity index (χ4v) is 1.11. The van der Waals surface area contributed by atoms with E-state index >= 15 is 0 Å². The molecule has 0 radical (unpaired) electrons. The highest BCUT2D eigenvalue weighted by Gasteiger charge is 1.98. The number of nitrogens with one attached hydrogen (secondary N) is 1. The molecule has 2 aromatic rings. The molecule has 1 heterocycles. The molecule has 1 aromatic heterocycles. The van der Waals surface area contributed by atoms with Gasteiger partial charge in [-0.15, -0.1) is 0 Å². The average Bonchev–Trinajstić information content (AvgIpc) is 2.61. The van der Waals surface area contributed by atoms with E-state index in [0.717, 1.165) is 16.8 Å². The van der Waals surface area contributed by atoms with E-state index in [-0.39, 0.29) is 0 Å². The highest BCUT2D eigenvalue weighted by Crippen LogP contribution is 2.17. The molecule has 4 nitrogen and oxygen atoms in total. The number of oxazole rings is 1. The predicted octanol–water partition coefficient (Wildman–Crippen LogP) is 1.76. The van der Waals surface area contributed by atoms with E-state index in [9.17, 15) is 0 Å². The molecule has 0 atom stereocenters. The number of benzene rings is 1. The Balaban J connectivity index is 2.33. The topological polar surface area (TPSA) is 61.9 Å². The first kappa shape index (κ1) is 7.62. The zero-order valence-corrected chi connectivity index (χ0v) is 6.82. The number of rotatable bonds is 2. The molecule has 4 heteroatoms. The van der Waals surface area contributed by atoms with E-state index in [2.05, 4.69) is 10.3 Å². The van der Waals surface area contributed by atoms with Gasteiger partial charge in [0.05, 0.1) is 6.07 Å². The molecule has 0 fully saturated rings. The van der Waals surface area contributed by atoms with Gasteiger partial charge in [-0.05, 0) is 12.1 Å². The van der Waals surface area contributed by atoms with E-state index < -0.39 is 0 Å². The second kappa shape index (κ2) is 3.15. The van der Waals surface area contributed by atoms with Crippen LogP contribution >= 0.6 is 0 Å². The van der Waals surface area contributed by atoms with Crippen molar-refractivity contribution in [2.24, 2.45) is 0 Å². The molecule has 64 valence electrons. The zero-order chi connectivity index (χ0) is 9.10. The molecule has 0 bridgehead atoms. The summed E-state index contributed by atoms with van der Waals surface area (Å²) in [6, 6.07) is 7.53. The number of aromatic nitrogens is 1. The zero-order valence-electron chi connectivity index (χ0n) is 6.82. The number of nitrogens with zero attached hydrogens (tertiary/aromatic N) is 2. The third kappa shape index (κ3) is 1.44. The fraction of sp³-hybridized carbons (Fsp3) is 0.111.